The lowest BCUT2D eigenvalue weighted by molar-refractivity contribution is 0.0601. The normalized spacial score (nSPS) is 10.0. The van der Waals surface area contributed by atoms with E-state index >= 15 is 0 Å². The number of hydrogen-bond acceptors (Lipinski definition) is 6. The highest BCUT2D eigenvalue weighted by Crippen LogP contribution is 2.28. The Kier molecular flexibility index (Phi) is 4.27. The summed E-state index contributed by atoms with van der Waals surface area (Å²) in [7, 11) is 4.74. The molecule has 0 bridgehead atoms. The van der Waals surface area contributed by atoms with Crippen LogP contribution in [0.25, 0.3) is 0 Å². The topological polar surface area (TPSA) is 77.7 Å². The van der Waals surface area contributed by atoms with Crippen molar-refractivity contribution in [3.8, 4) is 5.75 Å². The van der Waals surface area contributed by atoms with Gasteiger partial charge in [-0.3, -0.25) is 0 Å². The maximum Gasteiger partial charge on any atom is 0.341 e. The van der Waals surface area contributed by atoms with Crippen molar-refractivity contribution in [2.45, 2.75) is 0 Å². The Morgan fingerprint density at radius 1 is 1.24 bits per heavy atom. The van der Waals surface area contributed by atoms with Crippen LogP contribution in [0.4, 0.5) is 17.2 Å². The average molecular weight is 287 g/mol. The highest BCUT2D eigenvalue weighted by Gasteiger charge is 2.18. The van der Waals surface area contributed by atoms with Gasteiger partial charge in [0, 0.05) is 12.7 Å². The van der Waals surface area contributed by atoms with Crippen LogP contribution in [0.3, 0.4) is 0 Å². The number of benzene rings is 1. The van der Waals surface area contributed by atoms with Crippen LogP contribution in [0.15, 0.2) is 36.5 Å². The molecule has 0 fully saturated rings. The van der Waals surface area contributed by atoms with E-state index in [1.165, 1.54) is 13.3 Å². The first-order chi connectivity index (χ1) is 10.1. The molecule has 0 spiro atoms. The van der Waals surface area contributed by atoms with Gasteiger partial charge in [0.1, 0.15) is 17.1 Å². The lowest BCUT2D eigenvalue weighted by Crippen LogP contribution is -2.17. The Bertz CT molecular complexity index is 641. The van der Waals surface area contributed by atoms with E-state index in [1.54, 1.807) is 18.1 Å². The predicted molar refractivity (Wildman–Crippen MR) is 81.0 cm³/mol. The summed E-state index contributed by atoms with van der Waals surface area (Å²) >= 11 is 0. The minimum atomic E-state index is -0.481. The number of hydrogen-bond donors (Lipinski definition) is 1. The van der Waals surface area contributed by atoms with Crippen molar-refractivity contribution in [2.24, 2.45) is 0 Å². The van der Waals surface area contributed by atoms with Crippen LogP contribution in [0, 0.1) is 0 Å². The number of aromatic nitrogens is 1. The molecule has 0 saturated carbocycles. The Hall–Kier alpha value is -2.76. The number of esters is 1. The van der Waals surface area contributed by atoms with Crippen LogP contribution in [-0.2, 0) is 4.74 Å². The molecule has 2 aromatic rings. The molecule has 6 nitrogen and oxygen atoms in total. The van der Waals surface area contributed by atoms with Crippen molar-refractivity contribution in [1.29, 1.82) is 0 Å². The maximum absolute atomic E-state index is 11.9. The molecule has 0 aliphatic heterocycles. The van der Waals surface area contributed by atoms with Crippen LogP contribution in [-0.4, -0.2) is 32.2 Å². The molecule has 1 heterocycles. The predicted octanol–water partition coefficient (Wildman–Crippen LogP) is 2.23. The molecule has 0 atom stereocenters. The Morgan fingerprint density at radius 2 is 1.90 bits per heavy atom. The highest BCUT2D eigenvalue weighted by molar-refractivity contribution is 5.96. The molecule has 0 saturated heterocycles. The molecular weight excluding hydrogens is 270 g/mol. The summed E-state index contributed by atoms with van der Waals surface area (Å²) in [5.41, 5.74) is 7.27. The van der Waals surface area contributed by atoms with Gasteiger partial charge in [-0.15, -0.1) is 0 Å². The molecule has 2 rings (SSSR count). The van der Waals surface area contributed by atoms with E-state index in [9.17, 15) is 4.79 Å². The van der Waals surface area contributed by atoms with Gasteiger partial charge >= 0.3 is 5.97 Å². The number of pyridine rings is 1. The maximum atomic E-state index is 11.9. The van der Waals surface area contributed by atoms with E-state index in [1.807, 2.05) is 31.3 Å². The molecule has 1 aromatic carbocycles. The zero-order valence-corrected chi connectivity index (χ0v) is 12.2. The van der Waals surface area contributed by atoms with E-state index in [2.05, 4.69) is 4.98 Å². The van der Waals surface area contributed by atoms with E-state index in [0.717, 1.165) is 11.4 Å². The zero-order chi connectivity index (χ0) is 15.4. The van der Waals surface area contributed by atoms with Gasteiger partial charge in [0.2, 0.25) is 0 Å². The van der Waals surface area contributed by atoms with Gasteiger partial charge < -0.3 is 20.1 Å². The van der Waals surface area contributed by atoms with E-state index in [4.69, 9.17) is 15.2 Å². The average Bonchev–Trinajstić information content (AvgIpc) is 2.53. The lowest BCUT2D eigenvalue weighted by Gasteiger charge is -2.21. The van der Waals surface area contributed by atoms with Crippen molar-refractivity contribution in [3.63, 3.8) is 0 Å². The van der Waals surface area contributed by atoms with Gasteiger partial charge in [0.05, 0.1) is 26.1 Å². The van der Waals surface area contributed by atoms with Gasteiger partial charge in [-0.1, -0.05) is 0 Å². The summed E-state index contributed by atoms with van der Waals surface area (Å²) in [6.45, 7) is 0. The second-order valence-electron chi connectivity index (χ2n) is 4.39. The number of nitrogen functional groups attached to an aromatic ring is 1. The minimum Gasteiger partial charge on any atom is -0.497 e. The molecule has 110 valence electrons. The third-order valence-corrected chi connectivity index (χ3v) is 3.07. The molecule has 0 aliphatic carbocycles. The van der Waals surface area contributed by atoms with Crippen LogP contribution >= 0.6 is 0 Å². The Morgan fingerprint density at radius 3 is 2.48 bits per heavy atom. The quantitative estimate of drug-likeness (QED) is 0.869. The van der Waals surface area contributed by atoms with Gasteiger partial charge in [-0.2, -0.15) is 0 Å². The summed E-state index contributed by atoms with van der Waals surface area (Å²) in [5.74, 6) is 0.747. The van der Waals surface area contributed by atoms with Crippen LogP contribution in [0.1, 0.15) is 10.4 Å². The van der Waals surface area contributed by atoms with Crippen molar-refractivity contribution < 1.29 is 14.3 Å². The van der Waals surface area contributed by atoms with Gasteiger partial charge in [0.25, 0.3) is 0 Å². The van der Waals surface area contributed by atoms with E-state index in [0.29, 0.717) is 17.1 Å². The third-order valence-electron chi connectivity index (χ3n) is 3.07. The van der Waals surface area contributed by atoms with E-state index in [-0.39, 0.29) is 0 Å². The fraction of sp³-hybridized carbons (Fsp3) is 0.200. The Labute approximate surface area is 123 Å². The molecule has 1 aromatic heterocycles. The fourth-order valence-electron chi connectivity index (χ4n) is 1.93. The largest absolute Gasteiger partial charge is 0.497 e. The standard InChI is InChI=1S/C15H17N3O3/c1-18(11-4-6-12(20-2)7-5-11)14-13(15(19)21-3)8-10(16)9-17-14/h4-9H,16H2,1-3H3. The number of carbonyl (C=O) groups is 1. The first-order valence-corrected chi connectivity index (χ1v) is 6.28. The molecule has 6 heteroatoms. The number of anilines is 3. The molecule has 0 aliphatic rings. The first-order valence-electron chi connectivity index (χ1n) is 6.28. The summed E-state index contributed by atoms with van der Waals surface area (Å²) < 4.78 is 9.90. The number of methoxy groups -OCH3 is 2. The monoisotopic (exact) mass is 287 g/mol. The van der Waals surface area contributed by atoms with Crippen molar-refractivity contribution >= 4 is 23.2 Å². The fourth-order valence-corrected chi connectivity index (χ4v) is 1.93. The van der Waals surface area contributed by atoms with Gasteiger partial charge in [0.15, 0.2) is 0 Å². The number of ether oxygens (including phenoxy) is 2. The molecule has 2 N–H and O–H groups in total. The number of nitrogens with two attached hydrogens (primary N) is 1. The summed E-state index contributed by atoms with van der Waals surface area (Å²) in [6.07, 6.45) is 1.50. The molecule has 0 amide bonds. The van der Waals surface area contributed by atoms with Crippen molar-refractivity contribution in [2.75, 3.05) is 31.9 Å². The van der Waals surface area contributed by atoms with Crippen LogP contribution in [0.2, 0.25) is 0 Å². The number of rotatable bonds is 4. The number of nitrogens with zero attached hydrogens (tertiary/aromatic N) is 2. The molecule has 21 heavy (non-hydrogen) atoms. The second-order valence-corrected chi connectivity index (χ2v) is 4.39. The molecule has 0 unspecified atom stereocenters. The number of carbonyl (C=O) groups excluding carboxylic acids is 1. The van der Waals surface area contributed by atoms with E-state index < -0.39 is 5.97 Å². The van der Waals surface area contributed by atoms with Gasteiger partial charge in [-0.05, 0) is 30.3 Å². The zero-order valence-electron chi connectivity index (χ0n) is 12.2. The third kappa shape index (κ3) is 3.05. The molecule has 0 radical (unpaired) electrons. The van der Waals surface area contributed by atoms with Crippen LogP contribution < -0.4 is 15.4 Å². The Balaban J connectivity index is 2.42. The smallest absolute Gasteiger partial charge is 0.341 e. The van der Waals surface area contributed by atoms with Gasteiger partial charge in [-0.25, -0.2) is 9.78 Å². The van der Waals surface area contributed by atoms with Crippen LogP contribution in [0.5, 0.6) is 5.75 Å². The lowest BCUT2D eigenvalue weighted by atomic mass is 10.2. The summed E-state index contributed by atoms with van der Waals surface area (Å²) in [4.78, 5) is 17.9. The SMILES string of the molecule is COC(=O)c1cc(N)cnc1N(C)c1ccc(OC)cc1. The summed E-state index contributed by atoms with van der Waals surface area (Å²) in [5, 5.41) is 0. The highest BCUT2D eigenvalue weighted by atomic mass is 16.5. The van der Waals surface area contributed by atoms with Crippen molar-refractivity contribution in [3.05, 3.63) is 42.1 Å². The van der Waals surface area contributed by atoms with Crippen molar-refractivity contribution in [1.82, 2.24) is 4.98 Å². The summed E-state index contributed by atoms with van der Waals surface area (Å²) in [6, 6.07) is 8.96. The molecular formula is C15H17N3O3. The second kappa shape index (κ2) is 6.13. The first kappa shape index (κ1) is 14.6. The minimum absolute atomic E-state index is 0.316.